The molecule has 0 saturated carbocycles. The Morgan fingerprint density at radius 2 is 1.72 bits per heavy atom. The minimum absolute atomic E-state index is 0.0465. The highest BCUT2D eigenvalue weighted by Gasteiger charge is 2.44. The monoisotopic (exact) mass is 590 g/mol. The van der Waals surface area contributed by atoms with Crippen LogP contribution in [0.3, 0.4) is 0 Å². The lowest BCUT2D eigenvalue weighted by Crippen LogP contribution is -2.38. The van der Waals surface area contributed by atoms with Crippen molar-refractivity contribution < 1.29 is 34.7 Å². The second-order valence-corrected chi connectivity index (χ2v) is 10.8. The summed E-state index contributed by atoms with van der Waals surface area (Å²) < 4.78 is 12.2. The van der Waals surface area contributed by atoms with Gasteiger partial charge in [-0.3, -0.25) is 4.57 Å². The first kappa shape index (κ1) is 29.0. The van der Waals surface area contributed by atoms with Gasteiger partial charge in [0, 0.05) is 25.4 Å². The summed E-state index contributed by atoms with van der Waals surface area (Å²) in [6.45, 7) is 0.0495. The van der Waals surface area contributed by atoms with E-state index in [0.29, 0.717) is 17.9 Å². The van der Waals surface area contributed by atoms with Crippen LogP contribution in [-0.2, 0) is 14.3 Å². The SMILES string of the molecule is COC(=O)[C@@H]1C[C@@H](O)CN1c1nc(NCC(c2ccccc2)c2ccccc2)c2ncn([C@@H]3O[C@H](CO)[C@@H](O)C3O)c2n1. The van der Waals surface area contributed by atoms with E-state index in [1.165, 1.54) is 18.0 Å². The minimum atomic E-state index is -1.36. The Labute approximate surface area is 247 Å². The largest absolute Gasteiger partial charge is 0.467 e. The smallest absolute Gasteiger partial charge is 0.328 e. The lowest BCUT2D eigenvalue weighted by atomic mass is 9.91. The predicted molar refractivity (Wildman–Crippen MR) is 155 cm³/mol. The molecule has 5 N–H and O–H groups in total. The number of anilines is 2. The number of carbonyl (C=O) groups excluding carboxylic acids is 1. The number of fused-ring (bicyclic) bond motifs is 1. The highest BCUT2D eigenvalue weighted by atomic mass is 16.6. The second kappa shape index (κ2) is 12.2. The van der Waals surface area contributed by atoms with Crippen LogP contribution in [0.15, 0.2) is 67.0 Å². The zero-order valence-corrected chi connectivity index (χ0v) is 23.5. The fourth-order valence-electron chi connectivity index (χ4n) is 5.84. The summed E-state index contributed by atoms with van der Waals surface area (Å²) in [7, 11) is 1.28. The molecule has 1 unspecified atom stereocenters. The molecule has 0 spiro atoms. The molecule has 2 aliphatic heterocycles. The van der Waals surface area contributed by atoms with Crippen LogP contribution in [0.5, 0.6) is 0 Å². The van der Waals surface area contributed by atoms with E-state index in [9.17, 15) is 25.2 Å². The van der Waals surface area contributed by atoms with Crippen LogP contribution in [0, 0.1) is 0 Å². The number of benzene rings is 2. The topological polar surface area (TPSA) is 175 Å². The van der Waals surface area contributed by atoms with E-state index in [4.69, 9.17) is 19.4 Å². The highest BCUT2D eigenvalue weighted by molar-refractivity contribution is 5.86. The molecule has 13 heteroatoms. The van der Waals surface area contributed by atoms with Gasteiger partial charge >= 0.3 is 5.97 Å². The number of rotatable bonds is 9. The van der Waals surface area contributed by atoms with Crippen molar-refractivity contribution in [2.45, 2.75) is 49.0 Å². The number of ether oxygens (including phenoxy) is 2. The third-order valence-corrected chi connectivity index (χ3v) is 8.09. The van der Waals surface area contributed by atoms with Gasteiger partial charge in [0.2, 0.25) is 5.95 Å². The van der Waals surface area contributed by atoms with Crippen molar-refractivity contribution in [3.05, 3.63) is 78.1 Å². The van der Waals surface area contributed by atoms with E-state index >= 15 is 0 Å². The number of hydrogen-bond acceptors (Lipinski definition) is 12. The normalized spacial score (nSPS) is 25.5. The average Bonchev–Trinajstić information content (AvgIpc) is 3.72. The van der Waals surface area contributed by atoms with Crippen molar-refractivity contribution in [1.29, 1.82) is 0 Å². The number of aromatic nitrogens is 4. The third kappa shape index (κ3) is 5.53. The van der Waals surface area contributed by atoms with Crippen molar-refractivity contribution >= 4 is 28.9 Å². The van der Waals surface area contributed by atoms with Crippen molar-refractivity contribution in [2.24, 2.45) is 0 Å². The summed E-state index contributed by atoms with van der Waals surface area (Å²) in [5.41, 5.74) is 2.83. The van der Waals surface area contributed by atoms with Gasteiger partial charge in [0.15, 0.2) is 23.2 Å². The van der Waals surface area contributed by atoms with E-state index in [2.05, 4.69) is 34.6 Å². The molecule has 43 heavy (non-hydrogen) atoms. The maximum absolute atomic E-state index is 12.6. The number of aliphatic hydroxyl groups excluding tert-OH is 4. The molecule has 2 aromatic carbocycles. The van der Waals surface area contributed by atoms with Crippen LogP contribution >= 0.6 is 0 Å². The predicted octanol–water partition coefficient (Wildman–Crippen LogP) is 0.794. The lowest BCUT2D eigenvalue weighted by molar-refractivity contribution is -0.142. The maximum atomic E-state index is 12.6. The van der Waals surface area contributed by atoms with Gasteiger partial charge in [0.1, 0.15) is 24.4 Å². The first-order valence-electron chi connectivity index (χ1n) is 14.1. The molecule has 226 valence electrons. The molecule has 0 amide bonds. The van der Waals surface area contributed by atoms with E-state index < -0.39 is 49.3 Å². The zero-order valence-electron chi connectivity index (χ0n) is 23.5. The van der Waals surface area contributed by atoms with Gasteiger partial charge in [-0.05, 0) is 11.1 Å². The average molecular weight is 591 g/mol. The lowest BCUT2D eigenvalue weighted by Gasteiger charge is -2.24. The van der Waals surface area contributed by atoms with E-state index in [1.807, 2.05) is 36.4 Å². The quantitative estimate of drug-likeness (QED) is 0.174. The van der Waals surface area contributed by atoms with Crippen LogP contribution in [0.2, 0.25) is 0 Å². The Hall–Kier alpha value is -4.14. The summed E-state index contributed by atoms with van der Waals surface area (Å²) in [4.78, 5) is 28.2. The Bertz CT molecular complexity index is 1520. The van der Waals surface area contributed by atoms with Crippen LogP contribution in [0.25, 0.3) is 11.2 Å². The number of hydrogen-bond donors (Lipinski definition) is 5. The third-order valence-electron chi connectivity index (χ3n) is 8.09. The van der Waals surface area contributed by atoms with Gasteiger partial charge in [-0.15, -0.1) is 0 Å². The molecule has 0 bridgehead atoms. The molecule has 6 rings (SSSR count). The number of nitrogens with zero attached hydrogens (tertiary/aromatic N) is 5. The van der Waals surface area contributed by atoms with Gasteiger partial charge in [-0.1, -0.05) is 60.7 Å². The minimum Gasteiger partial charge on any atom is -0.467 e. The van der Waals surface area contributed by atoms with E-state index in [0.717, 1.165) is 11.1 Å². The molecular weight excluding hydrogens is 556 g/mol. The van der Waals surface area contributed by atoms with E-state index in [1.54, 1.807) is 4.90 Å². The standard InChI is InChI=1S/C30H34N6O7/c1-42-29(41)21-12-19(38)14-35(21)30-33-26(31-13-20(17-8-4-2-5-9-17)18-10-6-3-7-11-18)23-27(34-30)36(16-32-23)28-25(40)24(39)22(15-37)43-28/h2-11,16,19-22,24-25,28,37-40H,12-15H2,1H3,(H,31,33,34)/t19-,21+,22-,24-,25?,28-/m1/s1. The molecule has 2 aromatic heterocycles. The van der Waals surface area contributed by atoms with Gasteiger partial charge < -0.3 is 40.1 Å². The molecule has 6 atom stereocenters. The molecule has 13 nitrogen and oxygen atoms in total. The van der Waals surface area contributed by atoms with Gasteiger partial charge in [0.25, 0.3) is 0 Å². The first-order chi connectivity index (χ1) is 20.9. The van der Waals surface area contributed by atoms with Crippen molar-refractivity contribution in [2.75, 3.05) is 37.0 Å². The Kier molecular flexibility index (Phi) is 8.23. The molecular formula is C30H34N6O7. The summed E-state index contributed by atoms with van der Waals surface area (Å²) in [5, 5.41) is 44.7. The molecule has 2 fully saturated rings. The fourth-order valence-corrected chi connectivity index (χ4v) is 5.84. The van der Waals surface area contributed by atoms with E-state index in [-0.39, 0.29) is 30.5 Å². The maximum Gasteiger partial charge on any atom is 0.328 e. The van der Waals surface area contributed by atoms with Crippen molar-refractivity contribution in [3.8, 4) is 0 Å². The van der Waals surface area contributed by atoms with Crippen LogP contribution in [0.4, 0.5) is 11.8 Å². The van der Waals surface area contributed by atoms with Crippen molar-refractivity contribution in [1.82, 2.24) is 19.5 Å². The van der Waals surface area contributed by atoms with Crippen LogP contribution < -0.4 is 10.2 Å². The summed E-state index contributed by atoms with van der Waals surface area (Å²) in [6, 6.07) is 19.3. The van der Waals surface area contributed by atoms with Gasteiger partial charge in [-0.25, -0.2) is 9.78 Å². The van der Waals surface area contributed by atoms with Crippen LogP contribution in [-0.4, -0.2) is 103 Å². The molecule has 0 radical (unpaired) electrons. The Morgan fingerprint density at radius 1 is 1.05 bits per heavy atom. The zero-order chi connectivity index (χ0) is 30.1. The number of carbonyl (C=O) groups is 1. The molecule has 2 saturated heterocycles. The molecule has 2 aliphatic rings. The number of imidazole rings is 1. The number of esters is 1. The number of β-amino-alcohol motifs (C(OH)–C–C–N with tert-alkyl or cyclic N) is 1. The van der Waals surface area contributed by atoms with Crippen LogP contribution in [0.1, 0.15) is 29.7 Å². The first-order valence-corrected chi connectivity index (χ1v) is 14.1. The highest BCUT2D eigenvalue weighted by Crippen LogP contribution is 2.35. The molecule has 0 aliphatic carbocycles. The molecule has 4 heterocycles. The molecule has 4 aromatic rings. The second-order valence-electron chi connectivity index (χ2n) is 10.8. The number of nitrogens with one attached hydrogen (secondary N) is 1. The summed E-state index contributed by atoms with van der Waals surface area (Å²) in [5.74, 6) is -0.0615. The Morgan fingerprint density at radius 3 is 2.33 bits per heavy atom. The summed E-state index contributed by atoms with van der Waals surface area (Å²) in [6.07, 6.45) is -3.99. The van der Waals surface area contributed by atoms with Crippen molar-refractivity contribution in [3.63, 3.8) is 0 Å². The Balaban J connectivity index is 1.42. The summed E-state index contributed by atoms with van der Waals surface area (Å²) >= 11 is 0. The van der Waals surface area contributed by atoms with Gasteiger partial charge in [0.05, 0.1) is 26.1 Å². The fraction of sp³-hybridized carbons (Fsp3) is 0.400. The van der Waals surface area contributed by atoms with Gasteiger partial charge in [-0.2, -0.15) is 9.97 Å². The number of aliphatic hydroxyl groups is 4. The number of methoxy groups -OCH3 is 1.